The third-order valence-electron chi connectivity index (χ3n) is 3.32. The summed E-state index contributed by atoms with van der Waals surface area (Å²) in [5, 5.41) is 0. The summed E-state index contributed by atoms with van der Waals surface area (Å²) in [7, 11) is 1.34. The number of benzene rings is 1. The molecule has 1 saturated heterocycles. The Morgan fingerprint density at radius 2 is 2.00 bits per heavy atom. The fraction of sp³-hybridized carbons (Fsp3) is 0.375. The summed E-state index contributed by atoms with van der Waals surface area (Å²) in [4.78, 5) is 25.4. The first kappa shape index (κ1) is 14.1. The maximum Gasteiger partial charge on any atom is 0.328 e. The standard InChI is InChI=1S/C16H17NO3/c1-20-16(19)14-9-5-6-12-17(14)15(18)11-10-13-7-3-2-4-8-13/h2-4,7-8,14H,5-6,9,12H2,1H3. The van der Waals surface area contributed by atoms with Crippen LogP contribution in [0, 0.1) is 11.8 Å². The highest BCUT2D eigenvalue weighted by molar-refractivity contribution is 5.96. The molecule has 1 heterocycles. The number of rotatable bonds is 1. The summed E-state index contributed by atoms with van der Waals surface area (Å²) in [6.45, 7) is 0.558. The highest BCUT2D eigenvalue weighted by Gasteiger charge is 2.32. The zero-order chi connectivity index (χ0) is 14.4. The molecule has 4 heteroatoms. The molecule has 1 aliphatic heterocycles. The molecule has 1 amide bonds. The predicted molar refractivity (Wildman–Crippen MR) is 74.7 cm³/mol. The highest BCUT2D eigenvalue weighted by atomic mass is 16.5. The topological polar surface area (TPSA) is 46.6 Å². The Morgan fingerprint density at radius 1 is 1.25 bits per heavy atom. The summed E-state index contributed by atoms with van der Waals surface area (Å²) in [5.74, 6) is 4.76. The first-order valence-electron chi connectivity index (χ1n) is 6.68. The Morgan fingerprint density at radius 3 is 2.70 bits per heavy atom. The van der Waals surface area contributed by atoms with E-state index in [0.717, 1.165) is 18.4 Å². The molecule has 0 aliphatic carbocycles. The maximum absolute atomic E-state index is 12.1. The van der Waals surface area contributed by atoms with Gasteiger partial charge in [-0.3, -0.25) is 4.79 Å². The van der Waals surface area contributed by atoms with Gasteiger partial charge in [0, 0.05) is 18.0 Å². The van der Waals surface area contributed by atoms with Crippen molar-refractivity contribution in [3.8, 4) is 11.8 Å². The summed E-state index contributed by atoms with van der Waals surface area (Å²) in [6, 6.07) is 8.82. The molecule has 1 fully saturated rings. The lowest BCUT2D eigenvalue weighted by atomic mass is 10.0. The molecule has 1 aromatic carbocycles. The van der Waals surface area contributed by atoms with Crippen molar-refractivity contribution >= 4 is 11.9 Å². The van der Waals surface area contributed by atoms with Crippen LogP contribution >= 0.6 is 0 Å². The van der Waals surface area contributed by atoms with Crippen LogP contribution in [0.1, 0.15) is 24.8 Å². The minimum Gasteiger partial charge on any atom is -0.467 e. The van der Waals surface area contributed by atoms with E-state index in [9.17, 15) is 9.59 Å². The number of methoxy groups -OCH3 is 1. The van der Waals surface area contributed by atoms with E-state index in [1.165, 1.54) is 12.0 Å². The Balaban J connectivity index is 2.11. The Bertz CT molecular complexity index is 542. The van der Waals surface area contributed by atoms with Gasteiger partial charge < -0.3 is 9.64 Å². The molecule has 2 rings (SSSR count). The van der Waals surface area contributed by atoms with E-state index in [1.807, 2.05) is 30.3 Å². The minimum absolute atomic E-state index is 0.316. The van der Waals surface area contributed by atoms with E-state index in [-0.39, 0.29) is 11.9 Å². The summed E-state index contributed by atoms with van der Waals surface area (Å²) < 4.78 is 4.75. The molecule has 1 aliphatic rings. The third kappa shape index (κ3) is 3.39. The number of likely N-dealkylation sites (tertiary alicyclic amines) is 1. The maximum atomic E-state index is 12.1. The first-order valence-corrected chi connectivity index (χ1v) is 6.68. The zero-order valence-electron chi connectivity index (χ0n) is 11.5. The number of amides is 1. The van der Waals surface area contributed by atoms with Gasteiger partial charge in [-0.15, -0.1) is 0 Å². The normalized spacial score (nSPS) is 17.9. The molecule has 0 bridgehead atoms. The lowest BCUT2D eigenvalue weighted by Gasteiger charge is -2.32. The third-order valence-corrected chi connectivity index (χ3v) is 3.32. The largest absolute Gasteiger partial charge is 0.467 e. The number of ether oxygens (including phenoxy) is 1. The Kier molecular flexibility index (Phi) is 4.78. The monoisotopic (exact) mass is 271 g/mol. The number of esters is 1. The van der Waals surface area contributed by atoms with E-state index in [1.54, 1.807) is 0 Å². The number of piperidine rings is 1. The number of nitrogens with zero attached hydrogens (tertiary/aromatic N) is 1. The fourth-order valence-electron chi connectivity index (χ4n) is 2.27. The highest BCUT2D eigenvalue weighted by Crippen LogP contribution is 2.18. The van der Waals surface area contributed by atoms with Gasteiger partial charge in [0.05, 0.1) is 7.11 Å². The average molecular weight is 271 g/mol. The van der Waals surface area contributed by atoms with Crippen molar-refractivity contribution in [3.05, 3.63) is 35.9 Å². The van der Waals surface area contributed by atoms with Gasteiger partial charge in [-0.05, 0) is 31.4 Å². The number of hydrogen-bond acceptors (Lipinski definition) is 3. The second kappa shape index (κ2) is 6.76. The van der Waals surface area contributed by atoms with Gasteiger partial charge in [-0.1, -0.05) is 24.1 Å². The molecular weight excluding hydrogens is 254 g/mol. The van der Waals surface area contributed by atoms with Crippen LogP contribution in [0.25, 0.3) is 0 Å². The second-order valence-corrected chi connectivity index (χ2v) is 4.65. The smallest absolute Gasteiger partial charge is 0.328 e. The van der Waals surface area contributed by atoms with Crippen LogP contribution in [0.5, 0.6) is 0 Å². The van der Waals surface area contributed by atoms with Gasteiger partial charge in [0.1, 0.15) is 6.04 Å². The molecular formula is C16H17NO3. The predicted octanol–water partition coefficient (Wildman–Crippen LogP) is 1.59. The van der Waals surface area contributed by atoms with E-state index >= 15 is 0 Å². The summed E-state index contributed by atoms with van der Waals surface area (Å²) in [6.07, 6.45) is 2.47. The van der Waals surface area contributed by atoms with Crippen molar-refractivity contribution in [2.45, 2.75) is 25.3 Å². The van der Waals surface area contributed by atoms with E-state index < -0.39 is 6.04 Å². The summed E-state index contributed by atoms with van der Waals surface area (Å²) >= 11 is 0. The molecule has 1 atom stereocenters. The van der Waals surface area contributed by atoms with Gasteiger partial charge in [-0.25, -0.2) is 4.79 Å². The van der Waals surface area contributed by atoms with E-state index in [4.69, 9.17) is 4.74 Å². The Hall–Kier alpha value is -2.28. The van der Waals surface area contributed by atoms with E-state index in [2.05, 4.69) is 11.8 Å². The van der Waals surface area contributed by atoms with Crippen molar-refractivity contribution in [1.29, 1.82) is 0 Å². The molecule has 104 valence electrons. The van der Waals surface area contributed by atoms with Crippen LogP contribution in [-0.2, 0) is 14.3 Å². The molecule has 0 radical (unpaired) electrons. The Labute approximate surface area is 118 Å². The van der Waals surface area contributed by atoms with Gasteiger partial charge in [0.25, 0.3) is 5.91 Å². The number of carbonyl (C=O) groups excluding carboxylic acids is 2. The quantitative estimate of drug-likeness (QED) is 0.575. The van der Waals surface area contributed by atoms with Gasteiger partial charge >= 0.3 is 5.97 Å². The molecule has 0 N–H and O–H groups in total. The van der Waals surface area contributed by atoms with Crippen LogP contribution in [0.15, 0.2) is 30.3 Å². The molecule has 1 unspecified atom stereocenters. The lowest BCUT2D eigenvalue weighted by molar-refractivity contribution is -0.152. The van der Waals surface area contributed by atoms with Gasteiger partial charge in [-0.2, -0.15) is 0 Å². The molecule has 0 aromatic heterocycles. The zero-order valence-corrected chi connectivity index (χ0v) is 11.5. The van der Waals surface area contributed by atoms with Crippen LogP contribution in [0.4, 0.5) is 0 Å². The van der Waals surface area contributed by atoms with Crippen molar-refractivity contribution in [3.63, 3.8) is 0 Å². The van der Waals surface area contributed by atoms with Gasteiger partial charge in [0.15, 0.2) is 0 Å². The summed E-state index contributed by atoms with van der Waals surface area (Å²) in [5.41, 5.74) is 0.785. The minimum atomic E-state index is -0.494. The van der Waals surface area contributed by atoms with Crippen molar-refractivity contribution in [1.82, 2.24) is 4.90 Å². The second-order valence-electron chi connectivity index (χ2n) is 4.65. The SMILES string of the molecule is COC(=O)C1CCCCN1C(=O)C#Cc1ccccc1. The fourth-order valence-corrected chi connectivity index (χ4v) is 2.27. The van der Waals surface area contributed by atoms with Crippen LogP contribution in [-0.4, -0.2) is 36.5 Å². The van der Waals surface area contributed by atoms with Gasteiger partial charge in [0.2, 0.25) is 0 Å². The molecule has 1 aromatic rings. The number of hydrogen-bond donors (Lipinski definition) is 0. The van der Waals surface area contributed by atoms with Crippen molar-refractivity contribution in [2.24, 2.45) is 0 Å². The van der Waals surface area contributed by atoms with Crippen LogP contribution < -0.4 is 0 Å². The average Bonchev–Trinajstić information content (AvgIpc) is 2.52. The van der Waals surface area contributed by atoms with Crippen molar-refractivity contribution in [2.75, 3.05) is 13.7 Å². The van der Waals surface area contributed by atoms with Crippen LogP contribution in [0.3, 0.4) is 0 Å². The molecule has 20 heavy (non-hydrogen) atoms. The van der Waals surface area contributed by atoms with Crippen molar-refractivity contribution < 1.29 is 14.3 Å². The molecule has 4 nitrogen and oxygen atoms in total. The lowest BCUT2D eigenvalue weighted by Crippen LogP contribution is -2.48. The van der Waals surface area contributed by atoms with E-state index in [0.29, 0.717) is 13.0 Å². The number of carbonyl (C=O) groups is 2. The molecule has 0 spiro atoms. The first-order chi connectivity index (χ1) is 9.72. The van der Waals surface area contributed by atoms with Crippen LogP contribution in [0.2, 0.25) is 0 Å². The molecule has 0 saturated carbocycles.